The Morgan fingerprint density at radius 2 is 2.07 bits per heavy atom. The van der Waals surface area contributed by atoms with E-state index in [4.69, 9.17) is 16.7 Å². The first-order valence-corrected chi connectivity index (χ1v) is 4.43. The molecule has 0 aliphatic carbocycles. The number of carboxylic acid groups (broad SMARTS) is 1. The summed E-state index contributed by atoms with van der Waals surface area (Å²) < 4.78 is 0. The van der Waals surface area contributed by atoms with Gasteiger partial charge in [0.05, 0.1) is 0 Å². The highest BCUT2D eigenvalue weighted by molar-refractivity contribution is 6.30. The molecule has 1 rings (SSSR count). The first-order valence-electron chi connectivity index (χ1n) is 4.06. The van der Waals surface area contributed by atoms with Crippen LogP contribution in [0.25, 0.3) is 0 Å². The van der Waals surface area contributed by atoms with Gasteiger partial charge in [0.2, 0.25) is 0 Å². The molecule has 14 heavy (non-hydrogen) atoms. The van der Waals surface area contributed by atoms with Crippen molar-refractivity contribution in [3.63, 3.8) is 0 Å². The Morgan fingerprint density at radius 1 is 1.36 bits per heavy atom. The predicted molar refractivity (Wildman–Crippen MR) is 52.4 cm³/mol. The molecule has 0 bridgehead atoms. The SMILES string of the molecule is O=C(O)CC(=O)Cc1cccc(Cl)c1. The first kappa shape index (κ1) is 10.7. The second-order valence-corrected chi connectivity index (χ2v) is 3.35. The standard InChI is InChI=1S/C10H9ClO3/c11-8-3-1-2-7(4-8)5-9(12)6-10(13)14/h1-4H,5-6H2,(H,13,14). The molecular weight excluding hydrogens is 204 g/mol. The number of halogens is 1. The van der Waals surface area contributed by atoms with Gasteiger partial charge < -0.3 is 5.11 Å². The van der Waals surface area contributed by atoms with Gasteiger partial charge in [-0.15, -0.1) is 0 Å². The van der Waals surface area contributed by atoms with Crippen molar-refractivity contribution in [3.05, 3.63) is 34.9 Å². The normalized spacial score (nSPS) is 9.79. The number of hydrogen-bond donors (Lipinski definition) is 1. The minimum atomic E-state index is -1.10. The summed E-state index contributed by atoms with van der Waals surface area (Å²) in [5.41, 5.74) is 0.740. The molecule has 0 aliphatic rings. The van der Waals surface area contributed by atoms with Crippen molar-refractivity contribution in [2.24, 2.45) is 0 Å². The fourth-order valence-corrected chi connectivity index (χ4v) is 1.32. The summed E-state index contributed by atoms with van der Waals surface area (Å²) in [5, 5.41) is 8.92. The zero-order chi connectivity index (χ0) is 10.6. The number of carboxylic acids is 1. The highest BCUT2D eigenvalue weighted by Gasteiger charge is 2.08. The van der Waals surface area contributed by atoms with Crippen LogP contribution in [0, 0.1) is 0 Å². The maximum absolute atomic E-state index is 11.1. The molecular formula is C10H9ClO3. The van der Waals surface area contributed by atoms with Gasteiger partial charge in [-0.2, -0.15) is 0 Å². The Hall–Kier alpha value is -1.35. The van der Waals surface area contributed by atoms with Crippen LogP contribution >= 0.6 is 11.6 Å². The van der Waals surface area contributed by atoms with Gasteiger partial charge in [0.15, 0.2) is 0 Å². The smallest absolute Gasteiger partial charge is 0.310 e. The number of carbonyl (C=O) groups excluding carboxylic acids is 1. The van der Waals surface area contributed by atoms with Crippen molar-refractivity contribution in [1.82, 2.24) is 0 Å². The topological polar surface area (TPSA) is 54.4 Å². The maximum Gasteiger partial charge on any atom is 0.310 e. The number of ketones is 1. The molecule has 0 radical (unpaired) electrons. The summed E-state index contributed by atoms with van der Waals surface area (Å²) in [6, 6.07) is 6.82. The van der Waals surface area contributed by atoms with Crippen molar-refractivity contribution in [3.8, 4) is 0 Å². The maximum atomic E-state index is 11.1. The zero-order valence-electron chi connectivity index (χ0n) is 7.37. The van der Waals surface area contributed by atoms with Crippen LogP contribution in [0.5, 0.6) is 0 Å². The number of Topliss-reactive ketones (excluding diaryl/α,β-unsaturated/α-hetero) is 1. The van der Waals surface area contributed by atoms with Gasteiger partial charge in [-0.3, -0.25) is 9.59 Å². The Morgan fingerprint density at radius 3 is 2.64 bits per heavy atom. The summed E-state index contributed by atoms with van der Waals surface area (Å²) in [6.45, 7) is 0. The zero-order valence-corrected chi connectivity index (χ0v) is 8.12. The van der Waals surface area contributed by atoms with Gasteiger partial charge in [0.1, 0.15) is 12.2 Å². The summed E-state index contributed by atoms with van der Waals surface area (Å²) in [7, 11) is 0. The van der Waals surface area contributed by atoms with Crippen LogP contribution in [0.15, 0.2) is 24.3 Å². The minimum Gasteiger partial charge on any atom is -0.481 e. The molecule has 0 aliphatic heterocycles. The molecule has 0 heterocycles. The molecule has 0 saturated carbocycles. The van der Waals surface area contributed by atoms with E-state index in [-0.39, 0.29) is 12.2 Å². The summed E-state index contributed by atoms with van der Waals surface area (Å²) in [6.07, 6.45) is -0.320. The van der Waals surface area contributed by atoms with Crippen molar-refractivity contribution in [2.75, 3.05) is 0 Å². The lowest BCUT2D eigenvalue weighted by Crippen LogP contribution is -2.09. The molecule has 74 valence electrons. The van der Waals surface area contributed by atoms with Crippen molar-refractivity contribution in [1.29, 1.82) is 0 Å². The quantitative estimate of drug-likeness (QED) is 0.776. The van der Waals surface area contributed by atoms with E-state index in [2.05, 4.69) is 0 Å². The molecule has 1 N–H and O–H groups in total. The van der Waals surface area contributed by atoms with E-state index in [0.29, 0.717) is 5.02 Å². The van der Waals surface area contributed by atoms with E-state index >= 15 is 0 Å². The van der Waals surface area contributed by atoms with Gasteiger partial charge in [0.25, 0.3) is 0 Å². The summed E-state index contributed by atoms with van der Waals surface area (Å²) >= 11 is 5.71. The number of carbonyl (C=O) groups is 2. The van der Waals surface area contributed by atoms with Crippen molar-refractivity contribution >= 4 is 23.4 Å². The summed E-state index contributed by atoms with van der Waals surface area (Å²) in [5.74, 6) is -1.42. The Labute approximate surface area is 86.3 Å². The third kappa shape index (κ3) is 3.58. The average Bonchev–Trinajstić information content (AvgIpc) is 2.01. The lowest BCUT2D eigenvalue weighted by Gasteiger charge is -1.99. The lowest BCUT2D eigenvalue weighted by molar-refractivity contribution is -0.140. The van der Waals surface area contributed by atoms with E-state index in [0.717, 1.165) is 5.56 Å². The molecule has 0 atom stereocenters. The van der Waals surface area contributed by atoms with Gasteiger partial charge in [-0.25, -0.2) is 0 Å². The van der Waals surface area contributed by atoms with Gasteiger partial charge in [-0.05, 0) is 17.7 Å². The Kier molecular flexibility index (Phi) is 3.65. The average molecular weight is 213 g/mol. The number of hydrogen-bond acceptors (Lipinski definition) is 2. The lowest BCUT2D eigenvalue weighted by atomic mass is 10.1. The van der Waals surface area contributed by atoms with E-state index < -0.39 is 12.4 Å². The second kappa shape index (κ2) is 4.77. The van der Waals surface area contributed by atoms with Crippen LogP contribution in [-0.4, -0.2) is 16.9 Å². The fraction of sp³-hybridized carbons (Fsp3) is 0.200. The van der Waals surface area contributed by atoms with Crippen LogP contribution < -0.4 is 0 Å². The number of rotatable bonds is 4. The molecule has 0 amide bonds. The molecule has 0 fully saturated rings. The molecule has 3 nitrogen and oxygen atoms in total. The fourth-order valence-electron chi connectivity index (χ4n) is 1.11. The number of aliphatic carboxylic acids is 1. The van der Waals surface area contributed by atoms with Crippen LogP contribution in [0.1, 0.15) is 12.0 Å². The molecule has 1 aromatic rings. The third-order valence-corrected chi connectivity index (χ3v) is 1.87. The van der Waals surface area contributed by atoms with E-state index in [9.17, 15) is 9.59 Å². The largest absolute Gasteiger partial charge is 0.481 e. The number of benzene rings is 1. The highest BCUT2D eigenvalue weighted by atomic mass is 35.5. The van der Waals surface area contributed by atoms with Gasteiger partial charge in [-0.1, -0.05) is 23.7 Å². The summed E-state index contributed by atoms with van der Waals surface area (Å²) in [4.78, 5) is 21.3. The molecule has 0 saturated heterocycles. The Balaban J connectivity index is 2.60. The van der Waals surface area contributed by atoms with E-state index in [1.54, 1.807) is 24.3 Å². The second-order valence-electron chi connectivity index (χ2n) is 2.92. The Bertz CT molecular complexity index is 360. The molecule has 0 spiro atoms. The first-order chi connectivity index (χ1) is 6.58. The third-order valence-electron chi connectivity index (χ3n) is 1.64. The van der Waals surface area contributed by atoms with Gasteiger partial charge >= 0.3 is 5.97 Å². The molecule has 4 heteroatoms. The van der Waals surface area contributed by atoms with Crippen LogP contribution in [-0.2, 0) is 16.0 Å². The molecule has 0 aromatic heterocycles. The van der Waals surface area contributed by atoms with Crippen molar-refractivity contribution < 1.29 is 14.7 Å². The molecule has 0 unspecified atom stereocenters. The van der Waals surface area contributed by atoms with Crippen LogP contribution in [0.4, 0.5) is 0 Å². The van der Waals surface area contributed by atoms with Gasteiger partial charge in [0, 0.05) is 11.4 Å². The highest BCUT2D eigenvalue weighted by Crippen LogP contribution is 2.11. The van der Waals surface area contributed by atoms with Crippen LogP contribution in [0.2, 0.25) is 5.02 Å². The molecule has 1 aromatic carbocycles. The predicted octanol–water partition coefficient (Wildman–Crippen LogP) is 1.93. The van der Waals surface area contributed by atoms with E-state index in [1.807, 2.05) is 0 Å². The minimum absolute atomic E-state index is 0.118. The van der Waals surface area contributed by atoms with Crippen LogP contribution in [0.3, 0.4) is 0 Å². The van der Waals surface area contributed by atoms with Crippen molar-refractivity contribution in [2.45, 2.75) is 12.8 Å². The monoisotopic (exact) mass is 212 g/mol. The van der Waals surface area contributed by atoms with E-state index in [1.165, 1.54) is 0 Å².